The van der Waals surface area contributed by atoms with E-state index in [-0.39, 0.29) is 17.3 Å². The van der Waals surface area contributed by atoms with Gasteiger partial charge in [-0.1, -0.05) is 11.6 Å². The highest BCUT2D eigenvalue weighted by atomic mass is 35.5. The van der Waals surface area contributed by atoms with Crippen LogP contribution in [0, 0.1) is 5.92 Å². The summed E-state index contributed by atoms with van der Waals surface area (Å²) in [4.78, 5) is 12.7. The van der Waals surface area contributed by atoms with Crippen molar-refractivity contribution in [2.45, 2.75) is 31.3 Å². The quantitative estimate of drug-likeness (QED) is 0.664. The molecule has 2 heterocycles. The van der Waals surface area contributed by atoms with E-state index in [1.807, 2.05) is 11.8 Å². The number of halogens is 1. The third-order valence-electron chi connectivity index (χ3n) is 4.55. The molecule has 1 spiro atoms. The minimum Gasteiger partial charge on any atom is -0.398 e. The molecule has 1 aromatic rings. The van der Waals surface area contributed by atoms with Gasteiger partial charge < -0.3 is 10.5 Å². The van der Waals surface area contributed by atoms with Gasteiger partial charge in [0.05, 0.1) is 16.3 Å². The van der Waals surface area contributed by atoms with Crippen LogP contribution in [0.15, 0.2) is 18.2 Å². The van der Waals surface area contributed by atoms with Crippen LogP contribution >= 0.6 is 23.4 Å². The Labute approximate surface area is 134 Å². The van der Waals surface area contributed by atoms with Crippen LogP contribution < -0.4 is 5.73 Å². The number of carbonyl (C=O) groups excluding carboxylic acids is 1. The Morgan fingerprint density at radius 1 is 1.38 bits per heavy atom. The van der Waals surface area contributed by atoms with Gasteiger partial charge in [0.1, 0.15) is 0 Å². The average Bonchev–Trinajstić information content (AvgIpc) is 2.50. The summed E-state index contributed by atoms with van der Waals surface area (Å²) in [7, 11) is 0. The van der Waals surface area contributed by atoms with Gasteiger partial charge in [0.15, 0.2) is 5.78 Å². The second kappa shape index (κ2) is 6.19. The molecule has 1 unspecified atom stereocenters. The van der Waals surface area contributed by atoms with Crippen LogP contribution in [0.1, 0.15) is 36.0 Å². The smallest absolute Gasteiger partial charge is 0.166 e. The summed E-state index contributed by atoms with van der Waals surface area (Å²) in [6.07, 6.45) is 3.76. The number of anilines is 1. The zero-order chi connectivity index (χ0) is 14.9. The maximum atomic E-state index is 12.7. The van der Waals surface area contributed by atoms with Crippen molar-refractivity contribution in [3.63, 3.8) is 0 Å². The molecule has 2 aliphatic heterocycles. The van der Waals surface area contributed by atoms with Gasteiger partial charge in [0.2, 0.25) is 0 Å². The van der Waals surface area contributed by atoms with Gasteiger partial charge >= 0.3 is 0 Å². The van der Waals surface area contributed by atoms with Gasteiger partial charge in [-0.25, -0.2) is 0 Å². The number of rotatable bonds is 2. The fourth-order valence-corrected chi connectivity index (χ4v) is 4.68. The monoisotopic (exact) mass is 325 g/mol. The number of carbonyl (C=O) groups is 1. The molecule has 1 atom stereocenters. The van der Waals surface area contributed by atoms with E-state index in [0.717, 1.165) is 37.2 Å². The van der Waals surface area contributed by atoms with E-state index in [9.17, 15) is 4.79 Å². The molecule has 2 saturated heterocycles. The number of hydrogen-bond donors (Lipinski definition) is 1. The van der Waals surface area contributed by atoms with Gasteiger partial charge in [-0.2, -0.15) is 11.8 Å². The van der Waals surface area contributed by atoms with Gasteiger partial charge in [-0.3, -0.25) is 4.79 Å². The average molecular weight is 326 g/mol. The van der Waals surface area contributed by atoms with E-state index in [1.165, 1.54) is 0 Å². The maximum Gasteiger partial charge on any atom is 0.166 e. The summed E-state index contributed by atoms with van der Waals surface area (Å²) in [6, 6.07) is 5.18. The number of nitrogen functional groups attached to an aromatic ring is 1. The molecule has 21 heavy (non-hydrogen) atoms. The van der Waals surface area contributed by atoms with Crippen molar-refractivity contribution in [1.82, 2.24) is 0 Å². The number of benzene rings is 1. The number of Topliss-reactive ketones (excluding diaryl/α,β-unsaturated/α-hetero) is 1. The molecule has 0 saturated carbocycles. The summed E-state index contributed by atoms with van der Waals surface area (Å²) < 4.78 is 6.05. The lowest BCUT2D eigenvalue weighted by molar-refractivity contribution is -0.0959. The van der Waals surface area contributed by atoms with Gasteiger partial charge in [-0.15, -0.1) is 0 Å². The van der Waals surface area contributed by atoms with Crippen molar-refractivity contribution in [2.24, 2.45) is 5.92 Å². The molecule has 2 fully saturated rings. The molecule has 0 amide bonds. The largest absolute Gasteiger partial charge is 0.398 e. The lowest BCUT2D eigenvalue weighted by Gasteiger charge is -2.42. The van der Waals surface area contributed by atoms with Crippen LogP contribution in [-0.4, -0.2) is 29.5 Å². The SMILES string of the molecule is Nc1ccc(C(=O)C2CCOC3(CCSCC3)C2)cc1Cl. The second-order valence-electron chi connectivity index (χ2n) is 5.93. The van der Waals surface area contributed by atoms with E-state index in [1.54, 1.807) is 18.2 Å². The Kier molecular flexibility index (Phi) is 4.48. The highest BCUT2D eigenvalue weighted by molar-refractivity contribution is 7.99. The molecule has 5 heteroatoms. The van der Waals surface area contributed by atoms with Crippen LogP contribution in [0.4, 0.5) is 5.69 Å². The lowest BCUT2D eigenvalue weighted by Crippen LogP contribution is -2.44. The zero-order valence-corrected chi connectivity index (χ0v) is 13.5. The summed E-state index contributed by atoms with van der Waals surface area (Å²) in [5, 5.41) is 0.455. The highest BCUT2D eigenvalue weighted by Gasteiger charge is 2.41. The predicted molar refractivity (Wildman–Crippen MR) is 88.2 cm³/mol. The number of nitrogens with two attached hydrogens (primary N) is 1. The zero-order valence-electron chi connectivity index (χ0n) is 11.9. The second-order valence-corrected chi connectivity index (χ2v) is 7.57. The molecule has 3 rings (SSSR count). The third kappa shape index (κ3) is 3.22. The van der Waals surface area contributed by atoms with Crippen molar-refractivity contribution >= 4 is 34.8 Å². The van der Waals surface area contributed by atoms with Crippen LogP contribution in [0.5, 0.6) is 0 Å². The van der Waals surface area contributed by atoms with Gasteiger partial charge in [-0.05, 0) is 55.4 Å². The van der Waals surface area contributed by atoms with E-state index in [2.05, 4.69) is 0 Å². The molecule has 2 N–H and O–H groups in total. The Bertz CT molecular complexity index is 538. The number of ether oxygens (including phenoxy) is 1. The summed E-state index contributed by atoms with van der Waals surface area (Å²) in [5.41, 5.74) is 6.83. The summed E-state index contributed by atoms with van der Waals surface area (Å²) in [6.45, 7) is 0.684. The van der Waals surface area contributed by atoms with Crippen LogP contribution in [0.3, 0.4) is 0 Å². The Morgan fingerprint density at radius 3 is 2.86 bits per heavy atom. The third-order valence-corrected chi connectivity index (χ3v) is 5.87. The molecule has 114 valence electrons. The first kappa shape index (κ1) is 15.2. The molecular formula is C16H20ClNO2S. The standard InChI is InChI=1S/C16H20ClNO2S/c17-13-9-11(1-2-14(13)18)15(19)12-3-6-20-16(10-12)4-7-21-8-5-16/h1-2,9,12H,3-8,10,18H2. The van der Waals surface area contributed by atoms with Crippen molar-refractivity contribution in [3.8, 4) is 0 Å². The number of hydrogen-bond acceptors (Lipinski definition) is 4. The van der Waals surface area contributed by atoms with Crippen molar-refractivity contribution in [3.05, 3.63) is 28.8 Å². The van der Waals surface area contributed by atoms with Crippen molar-refractivity contribution < 1.29 is 9.53 Å². The first-order valence-corrected chi connectivity index (χ1v) is 8.94. The first-order chi connectivity index (χ1) is 10.1. The normalized spacial score (nSPS) is 24.9. The minimum absolute atomic E-state index is 0.0431. The molecule has 0 aromatic heterocycles. The van der Waals surface area contributed by atoms with E-state index in [4.69, 9.17) is 22.1 Å². The number of ketones is 1. The Morgan fingerprint density at radius 2 is 2.14 bits per heavy atom. The molecule has 1 aromatic carbocycles. The minimum atomic E-state index is -0.0680. The summed E-state index contributed by atoms with van der Waals surface area (Å²) in [5.74, 6) is 2.49. The predicted octanol–water partition coefficient (Wildman–Crippen LogP) is 3.80. The van der Waals surface area contributed by atoms with Gasteiger partial charge in [0, 0.05) is 18.1 Å². The van der Waals surface area contributed by atoms with Gasteiger partial charge in [0.25, 0.3) is 0 Å². The van der Waals surface area contributed by atoms with E-state index < -0.39 is 0 Å². The fraction of sp³-hybridized carbons (Fsp3) is 0.562. The Hall–Kier alpha value is -0.710. The lowest BCUT2D eigenvalue weighted by atomic mass is 9.79. The molecule has 0 radical (unpaired) electrons. The van der Waals surface area contributed by atoms with Crippen LogP contribution in [0.2, 0.25) is 5.02 Å². The molecule has 0 bridgehead atoms. The molecular weight excluding hydrogens is 306 g/mol. The topological polar surface area (TPSA) is 52.3 Å². The van der Waals surface area contributed by atoms with E-state index in [0.29, 0.717) is 22.9 Å². The van der Waals surface area contributed by atoms with Crippen LogP contribution in [0.25, 0.3) is 0 Å². The number of thioether (sulfide) groups is 1. The highest BCUT2D eigenvalue weighted by Crippen LogP contribution is 2.40. The first-order valence-electron chi connectivity index (χ1n) is 7.41. The molecule has 2 aliphatic rings. The van der Waals surface area contributed by atoms with Crippen molar-refractivity contribution in [2.75, 3.05) is 23.8 Å². The van der Waals surface area contributed by atoms with Crippen LogP contribution in [-0.2, 0) is 4.74 Å². The Balaban J connectivity index is 1.76. The van der Waals surface area contributed by atoms with E-state index >= 15 is 0 Å². The summed E-state index contributed by atoms with van der Waals surface area (Å²) >= 11 is 8.01. The fourth-order valence-electron chi connectivity index (χ4n) is 3.26. The molecule has 0 aliphatic carbocycles. The van der Waals surface area contributed by atoms with Crippen molar-refractivity contribution in [1.29, 1.82) is 0 Å². The molecule has 3 nitrogen and oxygen atoms in total. The maximum absolute atomic E-state index is 12.7.